The van der Waals surface area contributed by atoms with Gasteiger partial charge in [0, 0.05) is 16.1 Å². The number of fused-ring (bicyclic) bond motifs is 1. The highest BCUT2D eigenvalue weighted by atomic mass is 79.9. The Balaban J connectivity index is 1.64. The van der Waals surface area contributed by atoms with Crippen LogP contribution in [0.3, 0.4) is 0 Å². The first-order valence-electron chi connectivity index (χ1n) is 7.90. The lowest BCUT2D eigenvalue weighted by Gasteiger charge is -2.07. The van der Waals surface area contributed by atoms with Gasteiger partial charge in [-0.1, -0.05) is 45.4 Å². The second-order valence-electron chi connectivity index (χ2n) is 5.75. The number of pyridine rings is 1. The highest BCUT2D eigenvalue weighted by Gasteiger charge is 2.13. The van der Waals surface area contributed by atoms with Crippen LogP contribution in [0.5, 0.6) is 5.88 Å². The number of aryl methyl sites for hydroxylation is 1. The van der Waals surface area contributed by atoms with Crippen LogP contribution in [0, 0.1) is 6.92 Å². The maximum Gasteiger partial charge on any atom is 0.214 e. The Hall–Kier alpha value is -2.66. The number of nitrogens with zero attached hydrogens (tertiary/aromatic N) is 2. The Labute approximate surface area is 153 Å². The Morgan fingerprint density at radius 2 is 1.80 bits per heavy atom. The number of rotatable bonds is 4. The van der Waals surface area contributed by atoms with Crippen molar-refractivity contribution in [3.63, 3.8) is 0 Å². The van der Waals surface area contributed by atoms with Crippen molar-refractivity contribution in [2.45, 2.75) is 13.5 Å². The van der Waals surface area contributed by atoms with Gasteiger partial charge >= 0.3 is 0 Å². The van der Waals surface area contributed by atoms with Gasteiger partial charge in [0.25, 0.3) is 0 Å². The minimum absolute atomic E-state index is 0.476. The first-order valence-corrected chi connectivity index (χ1v) is 8.70. The summed E-state index contributed by atoms with van der Waals surface area (Å²) in [5.41, 5.74) is 4.67. The number of benzene rings is 2. The van der Waals surface area contributed by atoms with E-state index in [-0.39, 0.29) is 0 Å². The standard InChI is InChI=1S/C20H15BrN2O2/c1-13-4-2-3-5-15(13)12-24-18-11-10-17-19(22-18)20(25-23-17)14-6-8-16(21)9-7-14/h2-11H,12H2,1H3. The molecule has 25 heavy (non-hydrogen) atoms. The molecule has 2 aromatic carbocycles. The molecular formula is C20H15BrN2O2. The molecule has 0 radical (unpaired) electrons. The predicted octanol–water partition coefficient (Wildman–Crippen LogP) is 5.54. The van der Waals surface area contributed by atoms with Gasteiger partial charge in [-0.15, -0.1) is 0 Å². The van der Waals surface area contributed by atoms with Gasteiger partial charge in [0.05, 0.1) is 0 Å². The van der Waals surface area contributed by atoms with E-state index in [1.54, 1.807) is 0 Å². The molecule has 4 rings (SSSR count). The average Bonchev–Trinajstić information content (AvgIpc) is 3.05. The molecular weight excluding hydrogens is 380 g/mol. The summed E-state index contributed by atoms with van der Waals surface area (Å²) in [6, 6.07) is 19.7. The number of ether oxygens (including phenoxy) is 1. The predicted molar refractivity (Wildman–Crippen MR) is 100 cm³/mol. The van der Waals surface area contributed by atoms with Crippen LogP contribution < -0.4 is 4.74 Å². The van der Waals surface area contributed by atoms with E-state index < -0.39 is 0 Å². The van der Waals surface area contributed by atoms with E-state index in [9.17, 15) is 0 Å². The van der Waals surface area contributed by atoms with Crippen molar-refractivity contribution in [1.82, 2.24) is 10.1 Å². The van der Waals surface area contributed by atoms with Crippen LogP contribution in [0.15, 0.2) is 69.7 Å². The van der Waals surface area contributed by atoms with Gasteiger partial charge in [0.15, 0.2) is 5.76 Å². The highest BCUT2D eigenvalue weighted by molar-refractivity contribution is 9.10. The number of hydrogen-bond acceptors (Lipinski definition) is 4. The van der Waals surface area contributed by atoms with Crippen LogP contribution in [-0.2, 0) is 6.61 Å². The minimum atomic E-state index is 0.476. The molecule has 0 amide bonds. The molecule has 0 aliphatic rings. The lowest BCUT2D eigenvalue weighted by molar-refractivity contribution is 0.294. The van der Waals surface area contributed by atoms with Gasteiger partial charge in [-0.3, -0.25) is 0 Å². The summed E-state index contributed by atoms with van der Waals surface area (Å²) >= 11 is 3.44. The molecule has 0 unspecified atom stereocenters. The van der Waals surface area contributed by atoms with Crippen molar-refractivity contribution in [2.24, 2.45) is 0 Å². The van der Waals surface area contributed by atoms with E-state index in [2.05, 4.69) is 45.1 Å². The van der Waals surface area contributed by atoms with Gasteiger partial charge in [0.1, 0.15) is 17.6 Å². The minimum Gasteiger partial charge on any atom is -0.473 e. The lowest BCUT2D eigenvalue weighted by Crippen LogP contribution is -1.99. The topological polar surface area (TPSA) is 48.2 Å². The molecule has 0 aliphatic carbocycles. The molecule has 0 aliphatic heterocycles. The molecule has 0 atom stereocenters. The maximum absolute atomic E-state index is 5.87. The molecule has 0 bridgehead atoms. The van der Waals surface area contributed by atoms with E-state index in [0.29, 0.717) is 29.3 Å². The van der Waals surface area contributed by atoms with Crippen LogP contribution in [0.1, 0.15) is 11.1 Å². The smallest absolute Gasteiger partial charge is 0.214 e. The van der Waals surface area contributed by atoms with Gasteiger partial charge < -0.3 is 9.26 Å². The summed E-state index contributed by atoms with van der Waals surface area (Å²) in [7, 11) is 0. The zero-order chi connectivity index (χ0) is 17.2. The summed E-state index contributed by atoms with van der Waals surface area (Å²) in [6.45, 7) is 2.55. The molecule has 124 valence electrons. The monoisotopic (exact) mass is 394 g/mol. The zero-order valence-corrected chi connectivity index (χ0v) is 15.2. The Bertz CT molecular complexity index is 1030. The molecule has 2 aromatic heterocycles. The second kappa shape index (κ2) is 6.69. The number of hydrogen-bond donors (Lipinski definition) is 0. The van der Waals surface area contributed by atoms with Gasteiger partial charge in [-0.25, -0.2) is 4.98 Å². The molecule has 5 heteroatoms. The summed E-state index contributed by atoms with van der Waals surface area (Å²) in [5, 5.41) is 4.09. The Morgan fingerprint density at radius 3 is 2.60 bits per heavy atom. The molecule has 2 heterocycles. The quantitative estimate of drug-likeness (QED) is 0.455. The zero-order valence-electron chi connectivity index (χ0n) is 13.6. The Morgan fingerprint density at radius 1 is 1.00 bits per heavy atom. The molecule has 0 spiro atoms. The van der Waals surface area contributed by atoms with Crippen LogP contribution in [0.25, 0.3) is 22.4 Å². The lowest BCUT2D eigenvalue weighted by atomic mass is 10.1. The molecule has 4 aromatic rings. The fourth-order valence-corrected chi connectivity index (χ4v) is 2.87. The first kappa shape index (κ1) is 15.8. The van der Waals surface area contributed by atoms with Crippen LogP contribution in [0.2, 0.25) is 0 Å². The normalized spacial score (nSPS) is 11.0. The van der Waals surface area contributed by atoms with E-state index in [1.807, 2.05) is 48.5 Å². The van der Waals surface area contributed by atoms with Gasteiger partial charge in [0.2, 0.25) is 5.88 Å². The first-order chi connectivity index (χ1) is 12.2. The third-order valence-electron chi connectivity index (χ3n) is 4.04. The molecule has 0 fully saturated rings. The largest absolute Gasteiger partial charge is 0.473 e. The third-order valence-corrected chi connectivity index (χ3v) is 4.57. The molecule has 0 N–H and O–H groups in total. The Kier molecular flexibility index (Phi) is 4.24. The van der Waals surface area contributed by atoms with Crippen molar-refractivity contribution in [2.75, 3.05) is 0 Å². The fourth-order valence-electron chi connectivity index (χ4n) is 2.61. The van der Waals surface area contributed by atoms with E-state index in [1.165, 1.54) is 5.56 Å². The number of aromatic nitrogens is 2. The SMILES string of the molecule is Cc1ccccc1COc1ccc2noc(-c3ccc(Br)cc3)c2n1. The summed E-state index contributed by atoms with van der Waals surface area (Å²) in [6.07, 6.45) is 0. The van der Waals surface area contributed by atoms with Crippen molar-refractivity contribution >= 4 is 27.0 Å². The summed E-state index contributed by atoms with van der Waals surface area (Å²) in [5.74, 6) is 1.20. The fraction of sp³-hybridized carbons (Fsp3) is 0.100. The van der Waals surface area contributed by atoms with E-state index in [0.717, 1.165) is 15.6 Å². The van der Waals surface area contributed by atoms with Crippen LogP contribution in [0.4, 0.5) is 0 Å². The molecule has 4 nitrogen and oxygen atoms in total. The van der Waals surface area contributed by atoms with Gasteiger partial charge in [-0.2, -0.15) is 0 Å². The average molecular weight is 395 g/mol. The van der Waals surface area contributed by atoms with Crippen molar-refractivity contribution in [3.8, 4) is 17.2 Å². The second-order valence-corrected chi connectivity index (χ2v) is 6.67. The highest BCUT2D eigenvalue weighted by Crippen LogP contribution is 2.29. The summed E-state index contributed by atoms with van der Waals surface area (Å²) in [4.78, 5) is 4.59. The third kappa shape index (κ3) is 3.28. The van der Waals surface area contributed by atoms with Crippen molar-refractivity contribution < 1.29 is 9.26 Å². The number of halogens is 1. The molecule has 0 saturated heterocycles. The van der Waals surface area contributed by atoms with Crippen LogP contribution >= 0.6 is 15.9 Å². The maximum atomic E-state index is 5.87. The van der Waals surface area contributed by atoms with Gasteiger partial charge in [-0.05, 0) is 48.4 Å². The summed E-state index contributed by atoms with van der Waals surface area (Å²) < 4.78 is 12.4. The van der Waals surface area contributed by atoms with E-state index in [4.69, 9.17) is 9.26 Å². The van der Waals surface area contributed by atoms with Crippen molar-refractivity contribution in [1.29, 1.82) is 0 Å². The molecule has 0 saturated carbocycles. The van der Waals surface area contributed by atoms with E-state index >= 15 is 0 Å². The van der Waals surface area contributed by atoms with Crippen LogP contribution in [-0.4, -0.2) is 10.1 Å². The van der Waals surface area contributed by atoms with Crippen molar-refractivity contribution in [3.05, 3.63) is 76.3 Å².